The SMILES string of the molecule is Cc1ccc(OC[C@H](O)Cn2cnc3scc(-c4ccccc4)c3c2=O)c(C)c1. The molecule has 2 heterocycles. The van der Waals surface area contributed by atoms with E-state index >= 15 is 0 Å². The minimum atomic E-state index is -0.827. The van der Waals surface area contributed by atoms with E-state index in [1.807, 2.05) is 67.8 Å². The van der Waals surface area contributed by atoms with E-state index in [0.29, 0.717) is 10.2 Å². The number of ether oxygens (including phenoxy) is 1. The van der Waals surface area contributed by atoms with Gasteiger partial charge in [0.1, 0.15) is 23.3 Å². The van der Waals surface area contributed by atoms with Crippen LogP contribution in [-0.4, -0.2) is 27.4 Å². The lowest BCUT2D eigenvalue weighted by Crippen LogP contribution is -2.30. The second-order valence-corrected chi connectivity index (χ2v) is 7.99. The fourth-order valence-electron chi connectivity index (χ4n) is 3.35. The molecule has 0 bridgehead atoms. The molecule has 2 aromatic heterocycles. The summed E-state index contributed by atoms with van der Waals surface area (Å²) in [5.41, 5.74) is 3.88. The Balaban J connectivity index is 1.55. The van der Waals surface area contributed by atoms with Gasteiger partial charge in [0.15, 0.2) is 0 Å². The van der Waals surface area contributed by atoms with E-state index in [1.165, 1.54) is 22.2 Å². The summed E-state index contributed by atoms with van der Waals surface area (Å²) < 4.78 is 7.20. The van der Waals surface area contributed by atoms with Crippen LogP contribution in [0.25, 0.3) is 21.3 Å². The van der Waals surface area contributed by atoms with E-state index in [-0.39, 0.29) is 18.7 Å². The Labute approximate surface area is 172 Å². The maximum atomic E-state index is 13.1. The predicted molar refractivity (Wildman–Crippen MR) is 117 cm³/mol. The number of rotatable bonds is 6. The first-order chi connectivity index (χ1) is 14.0. The number of nitrogens with zero attached hydrogens (tertiary/aromatic N) is 2. The maximum absolute atomic E-state index is 13.1. The van der Waals surface area contributed by atoms with Gasteiger partial charge in [0.25, 0.3) is 5.56 Å². The maximum Gasteiger partial charge on any atom is 0.262 e. The van der Waals surface area contributed by atoms with Crippen LogP contribution in [0.5, 0.6) is 5.75 Å². The Morgan fingerprint density at radius 3 is 2.72 bits per heavy atom. The van der Waals surface area contributed by atoms with Crippen molar-refractivity contribution in [1.82, 2.24) is 9.55 Å². The molecule has 2 aromatic carbocycles. The molecule has 4 rings (SSSR count). The minimum absolute atomic E-state index is 0.101. The molecule has 0 amide bonds. The third kappa shape index (κ3) is 4.09. The van der Waals surface area contributed by atoms with Crippen molar-refractivity contribution in [2.45, 2.75) is 26.5 Å². The molecule has 29 heavy (non-hydrogen) atoms. The van der Waals surface area contributed by atoms with Crippen molar-refractivity contribution in [3.63, 3.8) is 0 Å². The number of aliphatic hydroxyl groups is 1. The number of aryl methyl sites for hydroxylation is 2. The highest BCUT2D eigenvalue weighted by atomic mass is 32.1. The van der Waals surface area contributed by atoms with Crippen LogP contribution in [0, 0.1) is 13.8 Å². The summed E-state index contributed by atoms with van der Waals surface area (Å²) >= 11 is 1.45. The molecule has 0 unspecified atom stereocenters. The summed E-state index contributed by atoms with van der Waals surface area (Å²) in [6.45, 7) is 4.22. The van der Waals surface area contributed by atoms with Crippen LogP contribution in [0.3, 0.4) is 0 Å². The van der Waals surface area contributed by atoms with Gasteiger partial charge in [0, 0.05) is 10.9 Å². The highest BCUT2D eigenvalue weighted by Gasteiger charge is 2.15. The first kappa shape index (κ1) is 19.4. The van der Waals surface area contributed by atoms with Crippen LogP contribution >= 0.6 is 11.3 Å². The number of benzene rings is 2. The number of fused-ring (bicyclic) bond motifs is 1. The van der Waals surface area contributed by atoms with Gasteiger partial charge in [-0.2, -0.15) is 0 Å². The Bertz CT molecular complexity index is 1200. The highest BCUT2D eigenvalue weighted by Crippen LogP contribution is 2.30. The summed E-state index contributed by atoms with van der Waals surface area (Å²) in [6.07, 6.45) is 0.669. The van der Waals surface area contributed by atoms with E-state index in [2.05, 4.69) is 4.98 Å². The van der Waals surface area contributed by atoms with E-state index in [9.17, 15) is 9.90 Å². The van der Waals surface area contributed by atoms with Gasteiger partial charge in [-0.25, -0.2) is 4.98 Å². The summed E-state index contributed by atoms with van der Waals surface area (Å²) in [5.74, 6) is 0.736. The highest BCUT2D eigenvalue weighted by molar-refractivity contribution is 7.17. The molecule has 0 fully saturated rings. The van der Waals surface area contributed by atoms with E-state index in [4.69, 9.17) is 4.74 Å². The number of hydrogen-bond donors (Lipinski definition) is 1. The van der Waals surface area contributed by atoms with E-state index in [1.54, 1.807) is 0 Å². The molecule has 0 aliphatic heterocycles. The van der Waals surface area contributed by atoms with E-state index in [0.717, 1.165) is 28.0 Å². The van der Waals surface area contributed by atoms with Gasteiger partial charge in [-0.15, -0.1) is 11.3 Å². The number of thiophene rings is 1. The molecule has 0 aliphatic rings. The van der Waals surface area contributed by atoms with Crippen molar-refractivity contribution in [1.29, 1.82) is 0 Å². The molecule has 0 saturated carbocycles. The first-order valence-corrected chi connectivity index (χ1v) is 10.3. The summed E-state index contributed by atoms with van der Waals surface area (Å²) in [7, 11) is 0. The van der Waals surface area contributed by atoms with Crippen molar-refractivity contribution in [3.05, 3.63) is 81.7 Å². The minimum Gasteiger partial charge on any atom is -0.491 e. The predicted octanol–water partition coefficient (Wildman–Crippen LogP) is 4.18. The molecule has 1 atom stereocenters. The van der Waals surface area contributed by atoms with Gasteiger partial charge in [0.2, 0.25) is 0 Å². The second-order valence-electron chi connectivity index (χ2n) is 7.13. The number of aliphatic hydroxyl groups excluding tert-OH is 1. The molecule has 0 aliphatic carbocycles. The Morgan fingerprint density at radius 1 is 1.17 bits per heavy atom. The second kappa shape index (κ2) is 8.19. The molecule has 4 aromatic rings. The quantitative estimate of drug-likeness (QED) is 0.522. The standard InChI is InChI=1S/C23H22N2O3S/c1-15-8-9-20(16(2)10-15)28-12-18(26)11-25-14-24-22-21(23(25)27)19(13-29-22)17-6-4-3-5-7-17/h3-10,13-14,18,26H,11-12H2,1-2H3/t18-/m1/s1. The van der Waals surface area contributed by atoms with Gasteiger partial charge in [-0.05, 0) is 31.0 Å². The van der Waals surface area contributed by atoms with Crippen molar-refractivity contribution in [2.24, 2.45) is 0 Å². The molecule has 5 nitrogen and oxygen atoms in total. The molecule has 1 N–H and O–H groups in total. The molecule has 6 heteroatoms. The number of aromatic nitrogens is 2. The van der Waals surface area contributed by atoms with Crippen molar-refractivity contribution >= 4 is 21.6 Å². The fraction of sp³-hybridized carbons (Fsp3) is 0.217. The lowest BCUT2D eigenvalue weighted by atomic mass is 10.1. The normalized spacial score (nSPS) is 12.2. The van der Waals surface area contributed by atoms with Gasteiger partial charge in [0.05, 0.1) is 18.3 Å². The third-order valence-corrected chi connectivity index (χ3v) is 5.70. The molecule has 148 valence electrons. The van der Waals surface area contributed by atoms with Crippen LogP contribution in [0.15, 0.2) is 65.0 Å². The van der Waals surface area contributed by atoms with Crippen LogP contribution in [0.2, 0.25) is 0 Å². The van der Waals surface area contributed by atoms with Crippen molar-refractivity contribution in [3.8, 4) is 16.9 Å². The Morgan fingerprint density at radius 2 is 1.97 bits per heavy atom. The molecule has 0 saturated heterocycles. The van der Waals surface area contributed by atoms with Crippen LogP contribution < -0.4 is 10.3 Å². The monoisotopic (exact) mass is 406 g/mol. The van der Waals surface area contributed by atoms with Crippen molar-refractivity contribution < 1.29 is 9.84 Å². The smallest absolute Gasteiger partial charge is 0.262 e. The van der Waals surface area contributed by atoms with Crippen molar-refractivity contribution in [2.75, 3.05) is 6.61 Å². The Hall–Kier alpha value is -2.96. The van der Waals surface area contributed by atoms with Gasteiger partial charge in [-0.3, -0.25) is 9.36 Å². The summed E-state index contributed by atoms with van der Waals surface area (Å²) in [4.78, 5) is 18.2. The zero-order valence-corrected chi connectivity index (χ0v) is 17.1. The van der Waals surface area contributed by atoms with Crippen LogP contribution in [0.4, 0.5) is 0 Å². The topological polar surface area (TPSA) is 64.3 Å². The zero-order valence-electron chi connectivity index (χ0n) is 16.3. The fourth-order valence-corrected chi connectivity index (χ4v) is 4.26. The first-order valence-electron chi connectivity index (χ1n) is 9.43. The summed E-state index contributed by atoms with van der Waals surface area (Å²) in [5, 5.41) is 13.0. The largest absolute Gasteiger partial charge is 0.491 e. The van der Waals surface area contributed by atoms with Gasteiger partial charge >= 0.3 is 0 Å². The Kier molecular flexibility index (Phi) is 5.47. The lowest BCUT2D eigenvalue weighted by Gasteiger charge is -2.15. The molecular formula is C23H22N2O3S. The zero-order chi connectivity index (χ0) is 20.4. The molecule has 0 spiro atoms. The number of hydrogen-bond acceptors (Lipinski definition) is 5. The van der Waals surface area contributed by atoms with Gasteiger partial charge < -0.3 is 9.84 Å². The van der Waals surface area contributed by atoms with Crippen LogP contribution in [-0.2, 0) is 6.54 Å². The molecule has 0 radical (unpaired) electrons. The summed E-state index contributed by atoms with van der Waals surface area (Å²) in [6, 6.07) is 15.7. The average Bonchev–Trinajstić information content (AvgIpc) is 3.15. The average molecular weight is 407 g/mol. The lowest BCUT2D eigenvalue weighted by molar-refractivity contribution is 0.0911. The molecular weight excluding hydrogens is 384 g/mol. The third-order valence-electron chi connectivity index (χ3n) is 4.81. The van der Waals surface area contributed by atoms with Gasteiger partial charge in [-0.1, -0.05) is 48.0 Å². The van der Waals surface area contributed by atoms with E-state index < -0.39 is 6.10 Å². The van der Waals surface area contributed by atoms with Crippen LogP contribution in [0.1, 0.15) is 11.1 Å².